The van der Waals surface area contributed by atoms with E-state index in [0.717, 1.165) is 24.3 Å². The molecule has 3 atom stereocenters. The summed E-state index contributed by atoms with van der Waals surface area (Å²) in [5.74, 6) is 0. The van der Waals surface area contributed by atoms with Gasteiger partial charge in [0.1, 0.15) is 0 Å². The third-order valence-corrected chi connectivity index (χ3v) is 7.12. The topological polar surface area (TPSA) is 59.1 Å². The van der Waals surface area contributed by atoms with Gasteiger partial charge in [0.05, 0.1) is 18.3 Å². The maximum atomic E-state index is 13.2. The lowest BCUT2D eigenvalue weighted by atomic mass is 10.2. The zero-order valence-corrected chi connectivity index (χ0v) is 15.9. The van der Waals surface area contributed by atoms with Crippen LogP contribution in [0.2, 0.25) is 0 Å². The number of nitrogens with zero attached hydrogens (tertiary/aromatic N) is 2. The molecule has 0 radical (unpaired) electrons. The first-order valence-corrected chi connectivity index (χ1v) is 10.8. The Morgan fingerprint density at radius 3 is 2.67 bits per heavy atom. The highest BCUT2D eigenvalue weighted by Crippen LogP contribution is 2.23. The summed E-state index contributed by atoms with van der Waals surface area (Å²) < 4.78 is 41.0. The lowest BCUT2D eigenvalue weighted by Gasteiger charge is -2.37. The molecule has 0 bridgehead atoms. The predicted molar refractivity (Wildman–Crippen MR) is 94.2 cm³/mol. The van der Waals surface area contributed by atoms with E-state index >= 15 is 0 Å². The Hall–Kier alpha value is -0.510. The molecule has 0 spiro atoms. The van der Waals surface area contributed by atoms with Crippen molar-refractivity contribution in [1.29, 1.82) is 0 Å². The minimum Gasteiger partial charge on any atom is -0.377 e. The quantitative estimate of drug-likeness (QED) is 0.765. The molecule has 3 heterocycles. The van der Waals surface area contributed by atoms with Gasteiger partial charge in [-0.3, -0.25) is 0 Å². The van der Waals surface area contributed by atoms with Gasteiger partial charge in [0, 0.05) is 37.7 Å². The van der Waals surface area contributed by atoms with E-state index in [9.17, 15) is 8.42 Å². The Morgan fingerprint density at radius 2 is 2.08 bits per heavy atom. The van der Waals surface area contributed by atoms with Gasteiger partial charge in [0.15, 0.2) is 0 Å². The van der Waals surface area contributed by atoms with E-state index in [1.165, 1.54) is 0 Å². The van der Waals surface area contributed by atoms with Crippen molar-refractivity contribution in [3.8, 4) is 0 Å². The molecule has 136 valence electrons. The maximum absolute atomic E-state index is 13.2. The summed E-state index contributed by atoms with van der Waals surface area (Å²) in [6.07, 6.45) is 1.75. The second-order valence-electron chi connectivity index (χ2n) is 6.59. The Morgan fingerprint density at radius 1 is 1.33 bits per heavy atom. The Labute approximate surface area is 148 Å². The first kappa shape index (κ1) is 18.3. The fraction of sp³-hybridized carbons (Fsp3) is 0.750. The molecule has 0 unspecified atom stereocenters. The number of hydrogen-bond acceptors (Lipinski definition) is 5. The van der Waals surface area contributed by atoms with Crippen LogP contribution >= 0.6 is 11.3 Å². The van der Waals surface area contributed by atoms with Gasteiger partial charge in [-0.05, 0) is 38.1 Å². The van der Waals surface area contributed by atoms with Crippen molar-refractivity contribution in [3.63, 3.8) is 0 Å². The van der Waals surface area contributed by atoms with Gasteiger partial charge in [-0.2, -0.15) is 17.0 Å². The highest BCUT2D eigenvalue weighted by molar-refractivity contribution is 7.86. The van der Waals surface area contributed by atoms with Crippen LogP contribution in [0.3, 0.4) is 0 Å². The molecule has 3 rings (SSSR count). The fourth-order valence-corrected chi connectivity index (χ4v) is 5.90. The molecule has 24 heavy (non-hydrogen) atoms. The van der Waals surface area contributed by atoms with Crippen molar-refractivity contribution < 1.29 is 17.9 Å². The maximum Gasteiger partial charge on any atom is 0.282 e. The van der Waals surface area contributed by atoms with Gasteiger partial charge in [-0.1, -0.05) is 6.07 Å². The van der Waals surface area contributed by atoms with Crippen LogP contribution in [-0.4, -0.2) is 61.6 Å². The standard InChI is InChI=1S/C16H26N2O4S2/c1-13-9-17(10-14(2)22-13)24(19,20)18(11-15-5-3-7-21-15)12-16-6-4-8-23-16/h4,6,8,13-15H,3,5,7,9-12H2,1-2H3/t13-,14-,15-/m1/s1. The molecular formula is C16H26N2O4S2. The van der Waals surface area contributed by atoms with Crippen LogP contribution in [0, 0.1) is 0 Å². The first-order chi connectivity index (χ1) is 11.4. The Balaban J connectivity index is 1.78. The monoisotopic (exact) mass is 374 g/mol. The number of thiophene rings is 1. The summed E-state index contributed by atoms with van der Waals surface area (Å²) in [5.41, 5.74) is 0. The minimum absolute atomic E-state index is 0.00405. The van der Waals surface area contributed by atoms with Crippen LogP contribution in [0.5, 0.6) is 0 Å². The van der Waals surface area contributed by atoms with E-state index in [0.29, 0.717) is 26.2 Å². The summed E-state index contributed by atoms with van der Waals surface area (Å²) in [6, 6.07) is 3.93. The van der Waals surface area contributed by atoms with Crippen molar-refractivity contribution in [1.82, 2.24) is 8.61 Å². The molecule has 2 saturated heterocycles. The van der Waals surface area contributed by atoms with Gasteiger partial charge < -0.3 is 9.47 Å². The zero-order chi connectivity index (χ0) is 17.2. The smallest absolute Gasteiger partial charge is 0.282 e. The average molecular weight is 375 g/mol. The van der Waals surface area contributed by atoms with Crippen LogP contribution < -0.4 is 0 Å². The van der Waals surface area contributed by atoms with Crippen molar-refractivity contribution in [3.05, 3.63) is 22.4 Å². The zero-order valence-electron chi connectivity index (χ0n) is 14.3. The second kappa shape index (κ2) is 7.80. The molecule has 0 amide bonds. The lowest BCUT2D eigenvalue weighted by Crippen LogP contribution is -2.53. The summed E-state index contributed by atoms with van der Waals surface area (Å²) >= 11 is 1.58. The van der Waals surface area contributed by atoms with Gasteiger partial charge >= 0.3 is 0 Å². The van der Waals surface area contributed by atoms with Gasteiger partial charge in [0.25, 0.3) is 10.2 Å². The third kappa shape index (κ3) is 4.36. The van der Waals surface area contributed by atoms with Gasteiger partial charge in [-0.25, -0.2) is 0 Å². The fourth-order valence-electron chi connectivity index (χ4n) is 3.31. The van der Waals surface area contributed by atoms with Gasteiger partial charge in [0.2, 0.25) is 0 Å². The number of ether oxygens (including phenoxy) is 2. The van der Waals surface area contributed by atoms with Crippen LogP contribution in [0.25, 0.3) is 0 Å². The van der Waals surface area contributed by atoms with E-state index in [-0.39, 0.29) is 18.3 Å². The average Bonchev–Trinajstić information content (AvgIpc) is 3.19. The Kier molecular flexibility index (Phi) is 5.94. The van der Waals surface area contributed by atoms with Crippen molar-refractivity contribution >= 4 is 21.5 Å². The van der Waals surface area contributed by atoms with Crippen molar-refractivity contribution in [2.24, 2.45) is 0 Å². The van der Waals surface area contributed by atoms with E-state index in [2.05, 4.69) is 0 Å². The normalized spacial score (nSPS) is 29.4. The van der Waals surface area contributed by atoms with Crippen LogP contribution in [0.15, 0.2) is 17.5 Å². The molecule has 0 aromatic carbocycles. The molecular weight excluding hydrogens is 348 g/mol. The van der Waals surface area contributed by atoms with E-state index < -0.39 is 10.2 Å². The minimum atomic E-state index is -3.54. The molecule has 2 fully saturated rings. The second-order valence-corrected chi connectivity index (χ2v) is 9.55. The van der Waals surface area contributed by atoms with E-state index in [4.69, 9.17) is 9.47 Å². The molecule has 2 aliphatic rings. The highest BCUT2D eigenvalue weighted by Gasteiger charge is 2.37. The summed E-state index contributed by atoms with van der Waals surface area (Å²) in [6.45, 7) is 6.19. The van der Waals surface area contributed by atoms with Crippen molar-refractivity contribution in [2.45, 2.75) is 51.5 Å². The van der Waals surface area contributed by atoms with Crippen LogP contribution in [-0.2, 0) is 26.2 Å². The lowest BCUT2D eigenvalue weighted by molar-refractivity contribution is -0.0458. The summed E-state index contributed by atoms with van der Waals surface area (Å²) in [7, 11) is -3.54. The molecule has 0 aliphatic carbocycles. The molecule has 8 heteroatoms. The third-order valence-electron chi connectivity index (χ3n) is 4.38. The Bertz CT molecular complexity index is 604. The highest BCUT2D eigenvalue weighted by atomic mass is 32.2. The first-order valence-electron chi connectivity index (χ1n) is 8.50. The summed E-state index contributed by atoms with van der Waals surface area (Å²) in [5, 5.41) is 1.98. The largest absolute Gasteiger partial charge is 0.377 e. The molecule has 0 saturated carbocycles. The molecule has 2 aliphatic heterocycles. The SMILES string of the molecule is C[C@@H]1CN(S(=O)(=O)N(Cc2cccs2)C[C@H]2CCCO2)C[C@@H](C)O1. The van der Waals surface area contributed by atoms with Crippen LogP contribution in [0.4, 0.5) is 0 Å². The molecule has 6 nitrogen and oxygen atoms in total. The van der Waals surface area contributed by atoms with Crippen molar-refractivity contribution in [2.75, 3.05) is 26.2 Å². The van der Waals surface area contributed by atoms with E-state index in [1.807, 2.05) is 31.4 Å². The number of hydrogen-bond donors (Lipinski definition) is 0. The summed E-state index contributed by atoms with van der Waals surface area (Å²) in [4.78, 5) is 1.05. The molecule has 1 aromatic heterocycles. The van der Waals surface area contributed by atoms with Gasteiger partial charge in [-0.15, -0.1) is 11.3 Å². The van der Waals surface area contributed by atoms with Crippen LogP contribution in [0.1, 0.15) is 31.6 Å². The predicted octanol–water partition coefficient (Wildman–Crippen LogP) is 2.08. The molecule has 1 aromatic rings. The number of morpholine rings is 1. The number of rotatable bonds is 6. The molecule has 0 N–H and O–H groups in total. The van der Waals surface area contributed by atoms with E-state index in [1.54, 1.807) is 19.9 Å².